The molecule has 0 saturated carbocycles. The minimum Gasteiger partial charge on any atom is -0.424 e. The maximum absolute atomic E-state index is 12.6. The van der Waals surface area contributed by atoms with E-state index in [0.29, 0.717) is 37.2 Å². The van der Waals surface area contributed by atoms with Gasteiger partial charge in [-0.15, -0.1) is 0 Å². The van der Waals surface area contributed by atoms with Crippen LogP contribution >= 0.6 is 15.9 Å². The Balaban J connectivity index is 1.68. The fourth-order valence-electron chi connectivity index (χ4n) is 5.12. The average molecular weight is 589 g/mol. The number of halogens is 1. The third kappa shape index (κ3) is 5.73. The SMILES string of the molecule is CC1(C)OCC(CCC(C)(C)[Si](O)(c2ccccc2)c2ccccc2)(Cn2cc(Br)nc2[N+](=O)[O-])CO1. The maximum Gasteiger partial charge on any atom is 0.435 e. The molecule has 0 unspecified atom stereocenters. The van der Waals surface area contributed by atoms with Gasteiger partial charge >= 0.3 is 5.95 Å². The molecule has 1 N–H and O–H groups in total. The summed E-state index contributed by atoms with van der Waals surface area (Å²) in [5.41, 5.74) is -0.541. The van der Waals surface area contributed by atoms with Crippen LogP contribution in [0.4, 0.5) is 5.95 Å². The van der Waals surface area contributed by atoms with Crippen LogP contribution < -0.4 is 10.4 Å². The number of hydrogen-bond acceptors (Lipinski definition) is 6. The molecule has 1 saturated heterocycles. The number of benzene rings is 2. The molecule has 8 nitrogen and oxygen atoms in total. The molecule has 1 aliphatic rings. The highest BCUT2D eigenvalue weighted by Gasteiger charge is 2.52. The van der Waals surface area contributed by atoms with E-state index in [1.165, 1.54) is 0 Å². The van der Waals surface area contributed by atoms with Crippen molar-refractivity contribution >= 4 is 40.6 Å². The van der Waals surface area contributed by atoms with Crippen LogP contribution in [0.15, 0.2) is 71.5 Å². The highest BCUT2D eigenvalue weighted by atomic mass is 79.9. The molecule has 198 valence electrons. The second-order valence-corrected chi connectivity index (χ2v) is 15.8. The first-order chi connectivity index (χ1) is 17.4. The summed E-state index contributed by atoms with van der Waals surface area (Å²) in [6.45, 7) is 9.04. The smallest absolute Gasteiger partial charge is 0.424 e. The summed E-state index contributed by atoms with van der Waals surface area (Å²) in [5.74, 6) is -0.959. The summed E-state index contributed by atoms with van der Waals surface area (Å²) in [7, 11) is -3.21. The van der Waals surface area contributed by atoms with Gasteiger partial charge in [-0.3, -0.25) is 0 Å². The summed E-state index contributed by atoms with van der Waals surface area (Å²) in [5, 5.41) is 13.1. The van der Waals surface area contributed by atoms with Crippen LogP contribution in [0.2, 0.25) is 5.04 Å². The first-order valence-electron chi connectivity index (χ1n) is 12.4. The third-order valence-corrected chi connectivity index (χ3v) is 12.4. The molecular weight excluding hydrogens is 554 g/mol. The predicted octanol–water partition coefficient (Wildman–Crippen LogP) is 4.64. The van der Waals surface area contributed by atoms with Gasteiger partial charge in [0.25, 0.3) is 8.32 Å². The normalized spacial score (nSPS) is 17.5. The molecule has 0 amide bonds. The number of ether oxygens (including phenoxy) is 2. The van der Waals surface area contributed by atoms with Gasteiger partial charge < -0.3 is 24.4 Å². The van der Waals surface area contributed by atoms with Crippen LogP contribution in [-0.4, -0.2) is 46.6 Å². The summed E-state index contributed by atoms with van der Waals surface area (Å²) in [6.07, 6.45) is 2.93. The summed E-state index contributed by atoms with van der Waals surface area (Å²) in [6, 6.07) is 19.8. The van der Waals surface area contributed by atoms with Gasteiger partial charge in [-0.1, -0.05) is 79.5 Å². The van der Waals surface area contributed by atoms with E-state index in [4.69, 9.17) is 9.47 Å². The minimum absolute atomic E-state index is 0.227. The van der Waals surface area contributed by atoms with Crippen LogP contribution in [0.1, 0.15) is 40.5 Å². The van der Waals surface area contributed by atoms with Gasteiger partial charge in [0, 0.05) is 5.41 Å². The molecule has 10 heteroatoms. The molecular formula is C27H34BrN3O5Si. The molecule has 3 aromatic rings. The minimum atomic E-state index is -3.21. The van der Waals surface area contributed by atoms with Crippen LogP contribution in [-0.2, 0) is 16.0 Å². The Bertz CT molecular complexity index is 1180. The Morgan fingerprint density at radius 3 is 2.08 bits per heavy atom. The molecule has 1 aliphatic heterocycles. The van der Waals surface area contributed by atoms with Gasteiger partial charge in [0.1, 0.15) is 6.20 Å². The van der Waals surface area contributed by atoms with Crippen molar-refractivity contribution in [1.82, 2.24) is 9.55 Å². The highest BCUT2D eigenvalue weighted by Crippen LogP contribution is 2.45. The molecule has 2 heterocycles. The van der Waals surface area contributed by atoms with Crippen molar-refractivity contribution in [2.45, 2.75) is 57.9 Å². The fraction of sp³-hybridized carbons (Fsp3) is 0.444. The molecule has 0 atom stereocenters. The number of rotatable bonds is 9. The fourth-order valence-corrected chi connectivity index (χ4v) is 9.25. The van der Waals surface area contributed by atoms with Gasteiger partial charge in [-0.25, -0.2) is 4.57 Å². The van der Waals surface area contributed by atoms with E-state index < -0.39 is 29.5 Å². The lowest BCUT2D eigenvalue weighted by Gasteiger charge is -2.46. The second kappa shape index (κ2) is 10.4. The maximum atomic E-state index is 12.6. The monoisotopic (exact) mass is 587 g/mol. The highest BCUT2D eigenvalue weighted by molar-refractivity contribution is 9.10. The summed E-state index contributed by atoms with van der Waals surface area (Å²) in [4.78, 5) is 27.8. The van der Waals surface area contributed by atoms with Gasteiger partial charge in [0.15, 0.2) is 5.79 Å². The lowest BCUT2D eigenvalue weighted by Crippen LogP contribution is -2.65. The number of nitro groups is 1. The van der Waals surface area contributed by atoms with Crippen molar-refractivity contribution in [3.8, 4) is 0 Å². The van der Waals surface area contributed by atoms with Crippen molar-refractivity contribution in [2.24, 2.45) is 5.41 Å². The molecule has 0 aliphatic carbocycles. The number of aromatic nitrogens is 2. The van der Waals surface area contributed by atoms with E-state index in [1.54, 1.807) is 10.8 Å². The van der Waals surface area contributed by atoms with Crippen molar-refractivity contribution in [1.29, 1.82) is 0 Å². The van der Waals surface area contributed by atoms with Gasteiger partial charge in [-0.2, -0.15) is 0 Å². The molecule has 37 heavy (non-hydrogen) atoms. The van der Waals surface area contributed by atoms with Crippen molar-refractivity contribution < 1.29 is 19.2 Å². The lowest BCUT2D eigenvalue weighted by molar-refractivity contribution is -0.397. The zero-order chi connectivity index (χ0) is 26.9. The van der Waals surface area contributed by atoms with Crippen molar-refractivity contribution in [2.75, 3.05) is 13.2 Å². The molecule has 0 bridgehead atoms. The van der Waals surface area contributed by atoms with Gasteiger partial charge in [-0.05, 0) is 63.0 Å². The van der Waals surface area contributed by atoms with Crippen LogP contribution in [0, 0.1) is 15.5 Å². The van der Waals surface area contributed by atoms with Crippen molar-refractivity contribution in [3.05, 3.63) is 81.6 Å². The zero-order valence-electron chi connectivity index (χ0n) is 21.7. The number of nitrogens with zero attached hydrogens (tertiary/aromatic N) is 3. The van der Waals surface area contributed by atoms with E-state index in [1.807, 2.05) is 74.5 Å². The summed E-state index contributed by atoms with van der Waals surface area (Å²) < 4.78 is 14.1. The lowest BCUT2D eigenvalue weighted by atomic mass is 9.81. The zero-order valence-corrected chi connectivity index (χ0v) is 24.3. The van der Waals surface area contributed by atoms with Crippen LogP contribution in [0.3, 0.4) is 0 Å². The molecule has 0 radical (unpaired) electrons. The molecule has 1 fully saturated rings. The average Bonchev–Trinajstić information content (AvgIpc) is 3.25. The van der Waals surface area contributed by atoms with Gasteiger partial charge in [0.05, 0.1) is 19.8 Å². The Morgan fingerprint density at radius 2 is 1.59 bits per heavy atom. The molecule has 2 aromatic carbocycles. The molecule has 1 aromatic heterocycles. The topological polar surface area (TPSA) is 99.7 Å². The largest absolute Gasteiger partial charge is 0.435 e. The van der Waals surface area contributed by atoms with E-state index in [2.05, 4.69) is 34.8 Å². The van der Waals surface area contributed by atoms with E-state index in [9.17, 15) is 14.9 Å². The standard InChI is InChI=1S/C27H34BrN3O5Si/c1-25(2,37(34,21-11-7-5-8-12-21)22-13-9-6-10-14-22)15-16-27(19-35-26(3,4)36-20-27)18-30-17-23(28)29-24(30)31(32)33/h5-14,17,34H,15-16,18-20H2,1-4H3. The predicted molar refractivity (Wildman–Crippen MR) is 148 cm³/mol. The molecule has 4 rings (SSSR count). The van der Waals surface area contributed by atoms with E-state index in [-0.39, 0.29) is 5.95 Å². The van der Waals surface area contributed by atoms with Crippen LogP contribution in [0.5, 0.6) is 0 Å². The quantitative estimate of drug-likeness (QED) is 0.222. The summed E-state index contributed by atoms with van der Waals surface area (Å²) >= 11 is 3.27. The first-order valence-corrected chi connectivity index (χ1v) is 15.1. The van der Waals surface area contributed by atoms with Crippen molar-refractivity contribution in [3.63, 3.8) is 0 Å². The third-order valence-electron chi connectivity index (χ3n) is 7.49. The van der Waals surface area contributed by atoms with Gasteiger partial charge in [0.2, 0.25) is 4.60 Å². The molecule has 0 spiro atoms. The Labute approximate surface area is 227 Å². The van der Waals surface area contributed by atoms with E-state index >= 15 is 0 Å². The van der Waals surface area contributed by atoms with Crippen LogP contribution in [0.25, 0.3) is 0 Å². The Hall–Kier alpha value is -2.37. The van der Waals surface area contributed by atoms with E-state index in [0.717, 1.165) is 10.4 Å². The Kier molecular flexibility index (Phi) is 7.78. The first kappa shape index (κ1) is 27.7. The second-order valence-electron chi connectivity index (χ2n) is 11.1. The Morgan fingerprint density at radius 1 is 1.08 bits per heavy atom. The number of imidazole rings is 1. The number of hydrogen-bond donors (Lipinski definition) is 1.